The molecular weight excluding hydrogens is 258 g/mol. The maximum absolute atomic E-state index is 12.2. The molecule has 1 unspecified atom stereocenters. The second-order valence-corrected chi connectivity index (χ2v) is 6.20. The molecule has 5 nitrogen and oxygen atoms in total. The van der Waals surface area contributed by atoms with Gasteiger partial charge in [0.15, 0.2) is 0 Å². The molecule has 0 heterocycles. The van der Waals surface area contributed by atoms with E-state index in [1.165, 1.54) is 0 Å². The average molecular weight is 285 g/mol. The van der Waals surface area contributed by atoms with Gasteiger partial charge in [0.25, 0.3) is 0 Å². The first kappa shape index (κ1) is 17.0. The highest BCUT2D eigenvalue weighted by atomic mass is 16.5. The summed E-state index contributed by atoms with van der Waals surface area (Å²) in [5.74, 6) is -0.753. The van der Waals surface area contributed by atoms with E-state index in [1.54, 1.807) is 7.11 Å². The van der Waals surface area contributed by atoms with Gasteiger partial charge in [-0.3, -0.25) is 9.59 Å². The van der Waals surface area contributed by atoms with E-state index in [1.807, 2.05) is 13.8 Å². The topological polar surface area (TPSA) is 75.6 Å². The maximum Gasteiger partial charge on any atom is 0.310 e. The normalized spacial score (nSPS) is 19.6. The molecule has 0 aromatic carbocycles. The molecule has 1 saturated carbocycles. The molecule has 0 aliphatic heterocycles. The Morgan fingerprint density at radius 1 is 1.25 bits per heavy atom. The van der Waals surface area contributed by atoms with Gasteiger partial charge >= 0.3 is 5.97 Å². The SMILES string of the molecule is COCC(NC(=O)CC1(C(=O)O)CCCCC1)C(C)C. The molecule has 5 heteroatoms. The summed E-state index contributed by atoms with van der Waals surface area (Å²) in [7, 11) is 1.60. The van der Waals surface area contributed by atoms with E-state index >= 15 is 0 Å². The zero-order chi connectivity index (χ0) is 15.2. The molecule has 1 atom stereocenters. The molecule has 1 aliphatic carbocycles. The summed E-state index contributed by atoms with van der Waals surface area (Å²) in [6.45, 7) is 4.47. The van der Waals surface area contributed by atoms with Crippen LogP contribution in [-0.4, -0.2) is 36.7 Å². The lowest BCUT2D eigenvalue weighted by atomic mass is 9.71. The van der Waals surface area contributed by atoms with Gasteiger partial charge < -0.3 is 15.2 Å². The van der Waals surface area contributed by atoms with Crippen LogP contribution in [0.25, 0.3) is 0 Å². The number of methoxy groups -OCH3 is 1. The van der Waals surface area contributed by atoms with E-state index in [2.05, 4.69) is 5.32 Å². The molecular formula is C15H27NO4. The predicted octanol–water partition coefficient (Wildman–Crippen LogP) is 2.20. The monoisotopic (exact) mass is 285 g/mol. The number of hydrogen-bond acceptors (Lipinski definition) is 3. The van der Waals surface area contributed by atoms with Crippen LogP contribution in [0.2, 0.25) is 0 Å². The zero-order valence-corrected chi connectivity index (χ0v) is 12.8. The number of ether oxygens (including phenoxy) is 1. The van der Waals surface area contributed by atoms with Crippen LogP contribution in [-0.2, 0) is 14.3 Å². The molecule has 0 spiro atoms. The highest BCUT2D eigenvalue weighted by Gasteiger charge is 2.41. The summed E-state index contributed by atoms with van der Waals surface area (Å²) in [5.41, 5.74) is -0.864. The van der Waals surface area contributed by atoms with E-state index in [0.29, 0.717) is 19.4 Å². The van der Waals surface area contributed by atoms with Crippen molar-refractivity contribution in [3.8, 4) is 0 Å². The average Bonchev–Trinajstić information content (AvgIpc) is 2.38. The van der Waals surface area contributed by atoms with E-state index in [-0.39, 0.29) is 24.3 Å². The third-order valence-corrected chi connectivity index (χ3v) is 4.26. The number of hydrogen-bond donors (Lipinski definition) is 2. The van der Waals surface area contributed by atoms with Gasteiger partial charge in [-0.2, -0.15) is 0 Å². The maximum atomic E-state index is 12.2. The number of carbonyl (C=O) groups is 2. The summed E-state index contributed by atoms with van der Waals surface area (Å²) in [6.07, 6.45) is 4.14. The molecule has 20 heavy (non-hydrogen) atoms. The van der Waals surface area contributed by atoms with Crippen LogP contribution in [0.1, 0.15) is 52.4 Å². The molecule has 1 amide bonds. The lowest BCUT2D eigenvalue weighted by Crippen LogP contribution is -2.45. The molecule has 1 fully saturated rings. The van der Waals surface area contributed by atoms with Crippen molar-refractivity contribution in [1.29, 1.82) is 0 Å². The van der Waals surface area contributed by atoms with Crippen LogP contribution in [0.3, 0.4) is 0 Å². The Morgan fingerprint density at radius 2 is 1.85 bits per heavy atom. The zero-order valence-electron chi connectivity index (χ0n) is 12.8. The highest BCUT2D eigenvalue weighted by molar-refractivity contribution is 5.85. The second-order valence-electron chi connectivity index (χ2n) is 6.20. The van der Waals surface area contributed by atoms with Crippen LogP contribution in [0.5, 0.6) is 0 Å². The van der Waals surface area contributed by atoms with E-state index in [9.17, 15) is 14.7 Å². The smallest absolute Gasteiger partial charge is 0.310 e. The van der Waals surface area contributed by atoms with E-state index in [4.69, 9.17) is 4.74 Å². The minimum Gasteiger partial charge on any atom is -0.481 e. The standard InChI is InChI=1S/C15H27NO4/c1-11(2)12(10-20-3)16-13(17)9-15(14(18)19)7-5-4-6-8-15/h11-12H,4-10H2,1-3H3,(H,16,17)(H,18,19). The van der Waals surface area contributed by atoms with Gasteiger partial charge in [-0.15, -0.1) is 0 Å². The van der Waals surface area contributed by atoms with Crippen LogP contribution in [0.4, 0.5) is 0 Å². The molecule has 0 radical (unpaired) electrons. The van der Waals surface area contributed by atoms with Crippen LogP contribution in [0, 0.1) is 11.3 Å². The van der Waals surface area contributed by atoms with Crippen LogP contribution < -0.4 is 5.32 Å². The minimum absolute atomic E-state index is 0.0677. The third kappa shape index (κ3) is 4.47. The number of aliphatic carboxylic acids is 1. The molecule has 1 aliphatic rings. The van der Waals surface area contributed by atoms with Crippen LogP contribution in [0.15, 0.2) is 0 Å². The number of carboxylic acids is 1. The number of nitrogens with one attached hydrogen (secondary N) is 1. The van der Waals surface area contributed by atoms with Crippen molar-refractivity contribution >= 4 is 11.9 Å². The highest BCUT2D eigenvalue weighted by Crippen LogP contribution is 2.39. The fourth-order valence-corrected chi connectivity index (χ4v) is 2.84. The molecule has 0 aromatic heterocycles. The van der Waals surface area contributed by atoms with E-state index < -0.39 is 11.4 Å². The summed E-state index contributed by atoms with van der Waals surface area (Å²) >= 11 is 0. The van der Waals surface area contributed by atoms with Crippen molar-refractivity contribution in [2.75, 3.05) is 13.7 Å². The van der Waals surface area contributed by atoms with Gasteiger partial charge in [-0.25, -0.2) is 0 Å². The first-order valence-corrected chi connectivity index (χ1v) is 7.43. The largest absolute Gasteiger partial charge is 0.481 e. The van der Waals surface area contributed by atoms with Crippen LogP contribution >= 0.6 is 0 Å². The van der Waals surface area contributed by atoms with Crippen molar-refractivity contribution in [1.82, 2.24) is 5.32 Å². The van der Waals surface area contributed by atoms with Gasteiger partial charge in [-0.1, -0.05) is 33.1 Å². The summed E-state index contributed by atoms with van der Waals surface area (Å²) in [6, 6.07) is -0.0677. The number of carboxylic acid groups (broad SMARTS) is 1. The third-order valence-electron chi connectivity index (χ3n) is 4.26. The summed E-state index contributed by atoms with van der Waals surface area (Å²) in [5, 5.41) is 12.4. The second kappa shape index (κ2) is 7.62. The van der Waals surface area contributed by atoms with Gasteiger partial charge in [0.2, 0.25) is 5.91 Å². The lowest BCUT2D eigenvalue weighted by molar-refractivity contribution is -0.154. The Kier molecular flexibility index (Phi) is 6.46. The predicted molar refractivity (Wildman–Crippen MR) is 76.4 cm³/mol. The molecule has 1 rings (SSSR count). The van der Waals surface area contributed by atoms with Gasteiger partial charge in [0, 0.05) is 13.5 Å². The van der Waals surface area contributed by atoms with Gasteiger partial charge in [0.1, 0.15) is 0 Å². The fraction of sp³-hybridized carbons (Fsp3) is 0.867. The molecule has 2 N–H and O–H groups in total. The molecule has 0 aromatic rings. The molecule has 116 valence electrons. The lowest BCUT2D eigenvalue weighted by Gasteiger charge is -2.33. The Balaban J connectivity index is 2.64. The number of carbonyl (C=O) groups excluding carboxylic acids is 1. The van der Waals surface area contributed by atoms with Crippen molar-refractivity contribution < 1.29 is 19.4 Å². The van der Waals surface area contributed by atoms with Crippen molar-refractivity contribution in [3.63, 3.8) is 0 Å². The van der Waals surface area contributed by atoms with E-state index in [0.717, 1.165) is 19.3 Å². The Hall–Kier alpha value is -1.10. The van der Waals surface area contributed by atoms with Gasteiger partial charge in [-0.05, 0) is 18.8 Å². The quantitative estimate of drug-likeness (QED) is 0.752. The molecule has 0 saturated heterocycles. The number of amides is 1. The van der Waals surface area contributed by atoms with Crippen molar-refractivity contribution in [3.05, 3.63) is 0 Å². The fourth-order valence-electron chi connectivity index (χ4n) is 2.84. The Morgan fingerprint density at radius 3 is 2.30 bits per heavy atom. The first-order chi connectivity index (χ1) is 9.41. The summed E-state index contributed by atoms with van der Waals surface area (Å²) in [4.78, 5) is 23.7. The summed E-state index contributed by atoms with van der Waals surface area (Å²) < 4.78 is 5.10. The molecule has 0 bridgehead atoms. The minimum atomic E-state index is -0.864. The Labute approximate surface area is 121 Å². The van der Waals surface area contributed by atoms with Crippen molar-refractivity contribution in [2.24, 2.45) is 11.3 Å². The number of rotatable bonds is 7. The first-order valence-electron chi connectivity index (χ1n) is 7.43. The Bertz CT molecular complexity index is 335. The van der Waals surface area contributed by atoms with Crippen molar-refractivity contribution in [2.45, 2.75) is 58.4 Å². The van der Waals surface area contributed by atoms with Gasteiger partial charge in [0.05, 0.1) is 18.1 Å².